The minimum atomic E-state index is -0.990. The van der Waals surface area contributed by atoms with Crippen LogP contribution in [0.2, 0.25) is 0 Å². The molecule has 0 atom stereocenters. The highest BCUT2D eigenvalue weighted by molar-refractivity contribution is 5.39. The first-order valence-corrected chi connectivity index (χ1v) is 5.46. The zero-order valence-corrected chi connectivity index (χ0v) is 9.96. The van der Waals surface area contributed by atoms with Crippen LogP contribution in [0.1, 0.15) is 25.1 Å². The molecular weight excluding hydrogens is 216 g/mol. The van der Waals surface area contributed by atoms with Crippen molar-refractivity contribution < 1.29 is 5.11 Å². The van der Waals surface area contributed by atoms with E-state index >= 15 is 0 Å². The lowest BCUT2D eigenvalue weighted by Crippen LogP contribution is -2.17. The maximum absolute atomic E-state index is 9.84. The highest BCUT2D eigenvalue weighted by Gasteiger charge is 2.20. The van der Waals surface area contributed by atoms with Gasteiger partial charge in [0.05, 0.1) is 11.9 Å². The van der Waals surface area contributed by atoms with Gasteiger partial charge >= 0.3 is 0 Å². The fraction of sp³-hybridized carbons (Fsp3) is 0.333. The van der Waals surface area contributed by atoms with Gasteiger partial charge in [0.25, 0.3) is 0 Å². The second-order valence-corrected chi connectivity index (χ2v) is 4.41. The summed E-state index contributed by atoms with van der Waals surface area (Å²) in [5.74, 6) is 0. The van der Waals surface area contributed by atoms with Gasteiger partial charge in [-0.15, -0.1) is 0 Å². The van der Waals surface area contributed by atoms with Crippen LogP contribution in [-0.4, -0.2) is 20.1 Å². The molecule has 0 unspecified atom stereocenters. The minimum absolute atomic E-state index is 0.426. The molecule has 2 aromatic rings. The Balaban J connectivity index is 2.44. The Kier molecular flexibility index (Phi) is 2.95. The van der Waals surface area contributed by atoms with E-state index in [1.807, 2.05) is 24.3 Å². The molecule has 0 radical (unpaired) electrons. The molecule has 17 heavy (non-hydrogen) atoms. The summed E-state index contributed by atoms with van der Waals surface area (Å²) in [6.07, 6.45) is 1.56. The fourth-order valence-electron chi connectivity index (χ4n) is 1.54. The van der Waals surface area contributed by atoms with Crippen LogP contribution < -0.4 is 5.73 Å². The van der Waals surface area contributed by atoms with Crippen molar-refractivity contribution in [3.63, 3.8) is 0 Å². The third-order valence-electron chi connectivity index (χ3n) is 2.55. The molecule has 0 aliphatic rings. The van der Waals surface area contributed by atoms with Gasteiger partial charge in [0.1, 0.15) is 11.3 Å². The van der Waals surface area contributed by atoms with Gasteiger partial charge in [0, 0.05) is 6.54 Å². The van der Waals surface area contributed by atoms with E-state index in [-0.39, 0.29) is 0 Å². The van der Waals surface area contributed by atoms with E-state index in [2.05, 4.69) is 10.2 Å². The van der Waals surface area contributed by atoms with Crippen molar-refractivity contribution in [3.05, 3.63) is 41.7 Å². The Labute approximate surface area is 99.9 Å². The van der Waals surface area contributed by atoms with Crippen LogP contribution >= 0.6 is 0 Å². The fourth-order valence-corrected chi connectivity index (χ4v) is 1.54. The number of nitrogens with zero attached hydrogens (tertiary/aromatic N) is 3. The Morgan fingerprint density at radius 1 is 1.35 bits per heavy atom. The first kappa shape index (κ1) is 11.8. The number of aliphatic hydroxyl groups is 1. The maximum Gasteiger partial charge on any atom is 0.114 e. The molecule has 90 valence electrons. The Hall–Kier alpha value is -1.72. The standard InChI is InChI=1S/C12H16N4O/c1-12(2,17)11-8-14-16(15-11)10-6-4-3-5-9(10)7-13/h3-6,8,17H,7,13H2,1-2H3. The molecule has 5 heteroatoms. The number of rotatable bonds is 3. The average Bonchev–Trinajstić information content (AvgIpc) is 2.77. The quantitative estimate of drug-likeness (QED) is 0.826. The van der Waals surface area contributed by atoms with Crippen LogP contribution in [0.15, 0.2) is 30.5 Å². The molecule has 1 heterocycles. The molecule has 5 nitrogen and oxygen atoms in total. The van der Waals surface area contributed by atoms with Crippen LogP contribution in [0.5, 0.6) is 0 Å². The van der Waals surface area contributed by atoms with E-state index in [9.17, 15) is 5.11 Å². The van der Waals surface area contributed by atoms with E-state index in [0.717, 1.165) is 11.3 Å². The molecule has 0 aliphatic carbocycles. The van der Waals surface area contributed by atoms with Crippen LogP contribution in [0.3, 0.4) is 0 Å². The second kappa shape index (κ2) is 4.27. The number of aromatic nitrogens is 3. The smallest absolute Gasteiger partial charge is 0.114 e. The van der Waals surface area contributed by atoms with E-state index in [0.29, 0.717) is 12.2 Å². The Morgan fingerprint density at radius 2 is 2.06 bits per heavy atom. The SMILES string of the molecule is CC(C)(O)c1cnn(-c2ccccc2CN)n1. The largest absolute Gasteiger partial charge is 0.384 e. The normalized spacial score (nSPS) is 11.8. The Morgan fingerprint density at radius 3 is 2.65 bits per heavy atom. The number of benzene rings is 1. The average molecular weight is 232 g/mol. The van der Waals surface area contributed by atoms with E-state index < -0.39 is 5.60 Å². The topological polar surface area (TPSA) is 77.0 Å². The summed E-state index contributed by atoms with van der Waals surface area (Å²) in [7, 11) is 0. The van der Waals surface area contributed by atoms with Gasteiger partial charge in [-0.05, 0) is 25.5 Å². The molecule has 0 saturated heterocycles. The highest BCUT2D eigenvalue weighted by Crippen LogP contribution is 2.18. The van der Waals surface area contributed by atoms with Gasteiger partial charge < -0.3 is 10.8 Å². The molecule has 1 aromatic heterocycles. The molecule has 0 aliphatic heterocycles. The summed E-state index contributed by atoms with van der Waals surface area (Å²) in [6, 6.07) is 7.66. The molecule has 0 saturated carbocycles. The number of hydrogen-bond acceptors (Lipinski definition) is 4. The number of para-hydroxylation sites is 1. The van der Waals surface area contributed by atoms with Gasteiger partial charge in [-0.2, -0.15) is 15.0 Å². The van der Waals surface area contributed by atoms with Crippen LogP contribution in [0.4, 0.5) is 0 Å². The lowest BCUT2D eigenvalue weighted by atomic mass is 10.1. The van der Waals surface area contributed by atoms with Gasteiger partial charge in [0.2, 0.25) is 0 Å². The summed E-state index contributed by atoms with van der Waals surface area (Å²) in [5, 5.41) is 18.2. The second-order valence-electron chi connectivity index (χ2n) is 4.41. The van der Waals surface area contributed by atoms with E-state index in [4.69, 9.17) is 5.73 Å². The van der Waals surface area contributed by atoms with Crippen LogP contribution in [0, 0.1) is 0 Å². The third kappa shape index (κ3) is 2.35. The van der Waals surface area contributed by atoms with Crippen molar-refractivity contribution in [1.29, 1.82) is 0 Å². The monoisotopic (exact) mass is 232 g/mol. The molecule has 3 N–H and O–H groups in total. The van der Waals surface area contributed by atoms with Gasteiger partial charge in [-0.3, -0.25) is 0 Å². The van der Waals surface area contributed by atoms with Crippen LogP contribution in [-0.2, 0) is 12.1 Å². The predicted molar refractivity (Wildman–Crippen MR) is 64.5 cm³/mol. The van der Waals surface area contributed by atoms with E-state index in [1.54, 1.807) is 20.0 Å². The third-order valence-corrected chi connectivity index (χ3v) is 2.55. The summed E-state index contributed by atoms with van der Waals surface area (Å²) >= 11 is 0. The van der Waals surface area contributed by atoms with Crippen molar-refractivity contribution in [3.8, 4) is 5.69 Å². The lowest BCUT2D eigenvalue weighted by Gasteiger charge is -2.12. The molecule has 0 amide bonds. The summed E-state index contributed by atoms with van der Waals surface area (Å²) in [5.41, 5.74) is 7.01. The summed E-state index contributed by atoms with van der Waals surface area (Å²) in [4.78, 5) is 1.50. The van der Waals surface area contributed by atoms with Crippen molar-refractivity contribution in [2.45, 2.75) is 26.0 Å². The molecule has 2 rings (SSSR count). The molecule has 0 bridgehead atoms. The molecule has 1 aromatic carbocycles. The summed E-state index contributed by atoms with van der Waals surface area (Å²) < 4.78 is 0. The van der Waals surface area contributed by atoms with Crippen molar-refractivity contribution in [2.75, 3.05) is 0 Å². The molecular formula is C12H16N4O. The van der Waals surface area contributed by atoms with Crippen LogP contribution in [0.25, 0.3) is 5.69 Å². The van der Waals surface area contributed by atoms with Crippen molar-refractivity contribution in [2.24, 2.45) is 5.73 Å². The van der Waals surface area contributed by atoms with Gasteiger partial charge in [-0.1, -0.05) is 18.2 Å². The van der Waals surface area contributed by atoms with Gasteiger partial charge in [-0.25, -0.2) is 0 Å². The summed E-state index contributed by atoms with van der Waals surface area (Å²) in [6.45, 7) is 3.78. The van der Waals surface area contributed by atoms with Crippen molar-refractivity contribution in [1.82, 2.24) is 15.0 Å². The lowest BCUT2D eigenvalue weighted by molar-refractivity contribution is 0.0734. The molecule has 0 spiro atoms. The first-order valence-electron chi connectivity index (χ1n) is 5.46. The minimum Gasteiger partial charge on any atom is -0.384 e. The van der Waals surface area contributed by atoms with Crippen molar-refractivity contribution >= 4 is 0 Å². The predicted octanol–water partition coefficient (Wildman–Crippen LogP) is 0.953. The number of hydrogen-bond donors (Lipinski definition) is 2. The van der Waals surface area contributed by atoms with E-state index in [1.165, 1.54) is 4.80 Å². The maximum atomic E-state index is 9.84. The first-order chi connectivity index (χ1) is 8.02. The zero-order valence-electron chi connectivity index (χ0n) is 9.96. The zero-order chi connectivity index (χ0) is 12.5. The molecule has 0 fully saturated rings. The Bertz CT molecular complexity index is 513. The highest BCUT2D eigenvalue weighted by atomic mass is 16.3. The number of nitrogens with two attached hydrogens (primary N) is 1. The van der Waals surface area contributed by atoms with Gasteiger partial charge in [0.15, 0.2) is 0 Å².